The van der Waals surface area contributed by atoms with E-state index in [2.05, 4.69) is 301 Å². The van der Waals surface area contributed by atoms with E-state index in [0.29, 0.717) is 0 Å². The van der Waals surface area contributed by atoms with Crippen LogP contribution in [-0.4, -0.2) is 0 Å². The summed E-state index contributed by atoms with van der Waals surface area (Å²) in [5, 5.41) is 4.62. The van der Waals surface area contributed by atoms with Gasteiger partial charge in [0.2, 0.25) is 0 Å². The van der Waals surface area contributed by atoms with Gasteiger partial charge in [0, 0.05) is 11.4 Å². The molecule has 13 aromatic carbocycles. The second kappa shape index (κ2) is 17.0. The van der Waals surface area contributed by atoms with Gasteiger partial charge < -0.3 is 19.3 Å². The largest absolute Gasteiger partial charge is 0.453 e. The van der Waals surface area contributed by atoms with Crippen LogP contribution in [0.2, 0.25) is 0 Å². The number of anilines is 6. The van der Waals surface area contributed by atoms with Crippen LogP contribution >= 0.6 is 0 Å². The SMILES string of the molecule is c1ccc(C2(c3ccccc3)c3ccccc3-c3cc4c(cc32)N(c2ccc3cc5cc(N6c7ccccc7Oc7cc8c(cc76)C(c6ccccc6)(c6ccccc6)c6ccccc6-8)ccc5cc3c2)c2ccccc2O4)cc1. The third-order valence-electron chi connectivity index (χ3n) is 17.5. The van der Waals surface area contributed by atoms with E-state index in [1.165, 1.54) is 66.8 Å². The van der Waals surface area contributed by atoms with Gasteiger partial charge in [0.1, 0.15) is 0 Å². The average Bonchev–Trinajstić information content (AvgIpc) is 4.19. The first-order valence-corrected chi connectivity index (χ1v) is 27.6. The van der Waals surface area contributed by atoms with E-state index in [1.807, 2.05) is 0 Å². The summed E-state index contributed by atoms with van der Waals surface area (Å²) in [7, 11) is 0. The van der Waals surface area contributed by atoms with E-state index in [-0.39, 0.29) is 0 Å². The van der Waals surface area contributed by atoms with Crippen molar-refractivity contribution in [3.05, 3.63) is 336 Å². The van der Waals surface area contributed by atoms with E-state index in [1.54, 1.807) is 0 Å². The minimum atomic E-state index is -0.556. The Labute approximate surface area is 464 Å². The number of ether oxygens (including phenoxy) is 2. The Morgan fingerprint density at radius 3 is 0.975 bits per heavy atom. The Morgan fingerprint density at radius 2 is 0.575 bits per heavy atom. The fraction of sp³-hybridized carbons (Fsp3) is 0.0263. The van der Waals surface area contributed by atoms with Gasteiger partial charge >= 0.3 is 0 Å². The lowest BCUT2D eigenvalue weighted by atomic mass is 9.67. The molecule has 0 atom stereocenters. The maximum atomic E-state index is 6.93. The summed E-state index contributed by atoms with van der Waals surface area (Å²) in [5.41, 5.74) is 19.7. The lowest BCUT2D eigenvalue weighted by Crippen LogP contribution is -2.29. The summed E-state index contributed by atoms with van der Waals surface area (Å²) in [5.74, 6) is 3.29. The van der Waals surface area contributed by atoms with Gasteiger partial charge in [-0.1, -0.05) is 206 Å². The zero-order valence-electron chi connectivity index (χ0n) is 43.4. The molecule has 2 heterocycles. The average molecular weight is 1020 g/mol. The topological polar surface area (TPSA) is 24.9 Å². The van der Waals surface area contributed by atoms with Crippen molar-refractivity contribution < 1.29 is 9.47 Å². The minimum Gasteiger partial charge on any atom is -0.453 e. The molecular weight excluding hydrogens is 973 g/mol. The first-order valence-electron chi connectivity index (χ1n) is 27.6. The van der Waals surface area contributed by atoms with Gasteiger partial charge in [-0.2, -0.15) is 0 Å². The molecule has 0 radical (unpaired) electrons. The van der Waals surface area contributed by atoms with E-state index in [4.69, 9.17) is 9.47 Å². The predicted molar refractivity (Wildman–Crippen MR) is 326 cm³/mol. The molecule has 17 rings (SSSR count). The Balaban J connectivity index is 0.813. The van der Waals surface area contributed by atoms with Crippen LogP contribution in [0, 0.1) is 0 Å². The predicted octanol–water partition coefficient (Wildman–Crippen LogP) is 19.9. The molecule has 80 heavy (non-hydrogen) atoms. The molecule has 0 saturated carbocycles. The molecule has 0 fully saturated rings. The minimum absolute atomic E-state index is 0.556. The van der Waals surface area contributed by atoms with Crippen molar-refractivity contribution in [3.63, 3.8) is 0 Å². The monoisotopic (exact) mass is 1020 g/mol. The second-order valence-electron chi connectivity index (χ2n) is 21.5. The first kappa shape index (κ1) is 44.7. The molecule has 374 valence electrons. The third kappa shape index (κ3) is 6.21. The highest BCUT2D eigenvalue weighted by molar-refractivity contribution is 6.04. The number of rotatable bonds is 6. The normalized spacial score (nSPS) is 14.3. The summed E-state index contributed by atoms with van der Waals surface area (Å²) in [6, 6.07) is 107. The standard InChI is InChI=1S/C76H48N2O2/c1-5-21-53(22-6-1)75(54-23-7-2-8-24-54)63-31-15-13-29-59(63)61-45-73-69(47-65(61)75)77(67-33-17-19-35-71(67)79-73)57-39-37-49-42-52-44-58(40-38-50(52)41-51(49)43-57)78-68-34-18-20-36-72(68)80-74-46-62-60-30-14-16-32-64(60)76(66(62)48-70(74)78,55-25-9-3-10-26-55)56-27-11-4-12-28-56/h1-48H. The molecule has 2 aliphatic heterocycles. The summed E-state index contributed by atoms with van der Waals surface area (Å²) >= 11 is 0. The van der Waals surface area contributed by atoms with Crippen molar-refractivity contribution in [2.24, 2.45) is 0 Å². The Kier molecular flexibility index (Phi) is 9.52. The lowest BCUT2D eigenvalue weighted by Gasteiger charge is -2.37. The maximum absolute atomic E-state index is 6.93. The van der Waals surface area contributed by atoms with E-state index >= 15 is 0 Å². The molecular formula is C76H48N2O2. The number of benzene rings is 13. The Bertz CT molecular complexity index is 4290. The van der Waals surface area contributed by atoms with Crippen LogP contribution in [0.4, 0.5) is 34.1 Å². The van der Waals surface area contributed by atoms with Crippen molar-refractivity contribution in [2.45, 2.75) is 10.8 Å². The van der Waals surface area contributed by atoms with Crippen molar-refractivity contribution in [2.75, 3.05) is 9.80 Å². The molecule has 0 unspecified atom stereocenters. The van der Waals surface area contributed by atoms with Gasteiger partial charge in [-0.3, -0.25) is 0 Å². The van der Waals surface area contributed by atoms with Gasteiger partial charge in [0.05, 0.1) is 33.6 Å². The Hall–Kier alpha value is -10.4. The fourth-order valence-corrected chi connectivity index (χ4v) is 14.2. The first-order chi connectivity index (χ1) is 39.6. The molecule has 13 aromatic rings. The smallest absolute Gasteiger partial charge is 0.152 e. The van der Waals surface area contributed by atoms with Gasteiger partial charge in [0.15, 0.2) is 23.0 Å². The maximum Gasteiger partial charge on any atom is 0.152 e. The molecule has 2 aliphatic carbocycles. The zero-order chi connectivity index (χ0) is 52.5. The third-order valence-corrected chi connectivity index (χ3v) is 17.5. The number of hydrogen-bond donors (Lipinski definition) is 0. The van der Waals surface area contributed by atoms with Crippen molar-refractivity contribution in [1.29, 1.82) is 0 Å². The van der Waals surface area contributed by atoms with Crippen LogP contribution in [0.25, 0.3) is 43.8 Å². The van der Waals surface area contributed by atoms with Crippen LogP contribution in [0.5, 0.6) is 23.0 Å². The van der Waals surface area contributed by atoms with Crippen LogP contribution in [0.1, 0.15) is 44.5 Å². The molecule has 0 aromatic heterocycles. The quantitative estimate of drug-likeness (QED) is 0.155. The summed E-state index contributed by atoms with van der Waals surface area (Å²) < 4.78 is 13.9. The molecule has 0 spiro atoms. The summed E-state index contributed by atoms with van der Waals surface area (Å²) in [4.78, 5) is 4.80. The molecule has 0 N–H and O–H groups in total. The van der Waals surface area contributed by atoms with E-state index < -0.39 is 10.8 Å². The highest BCUT2D eigenvalue weighted by Crippen LogP contribution is 2.63. The molecule has 0 bridgehead atoms. The van der Waals surface area contributed by atoms with Crippen molar-refractivity contribution >= 4 is 55.7 Å². The van der Waals surface area contributed by atoms with Gasteiger partial charge in [-0.05, 0) is 173 Å². The number of para-hydroxylation sites is 4. The Morgan fingerprint density at radius 1 is 0.225 bits per heavy atom. The van der Waals surface area contributed by atoms with Crippen LogP contribution in [-0.2, 0) is 10.8 Å². The van der Waals surface area contributed by atoms with Gasteiger partial charge in [-0.25, -0.2) is 0 Å². The van der Waals surface area contributed by atoms with Crippen molar-refractivity contribution in [3.8, 4) is 45.3 Å². The summed E-state index contributed by atoms with van der Waals surface area (Å²) in [6.45, 7) is 0. The molecule has 0 amide bonds. The molecule has 4 aliphatic rings. The van der Waals surface area contributed by atoms with E-state index in [9.17, 15) is 0 Å². The zero-order valence-corrected chi connectivity index (χ0v) is 43.4. The van der Waals surface area contributed by atoms with Crippen molar-refractivity contribution in [1.82, 2.24) is 0 Å². The molecule has 4 nitrogen and oxygen atoms in total. The summed E-state index contributed by atoms with van der Waals surface area (Å²) in [6.07, 6.45) is 0. The molecule has 4 heteroatoms. The van der Waals surface area contributed by atoms with E-state index in [0.717, 1.165) is 78.7 Å². The highest BCUT2D eigenvalue weighted by Gasteiger charge is 2.49. The van der Waals surface area contributed by atoms with Crippen LogP contribution in [0.3, 0.4) is 0 Å². The van der Waals surface area contributed by atoms with Gasteiger partial charge in [0.25, 0.3) is 0 Å². The highest BCUT2D eigenvalue weighted by atomic mass is 16.5. The van der Waals surface area contributed by atoms with Gasteiger partial charge in [-0.15, -0.1) is 0 Å². The lowest BCUT2D eigenvalue weighted by molar-refractivity contribution is 0.476. The number of fused-ring (bicyclic) bond motifs is 12. The molecule has 0 saturated heterocycles. The van der Waals surface area contributed by atoms with Crippen LogP contribution in [0.15, 0.2) is 291 Å². The van der Waals surface area contributed by atoms with Crippen LogP contribution < -0.4 is 19.3 Å². The number of hydrogen-bond acceptors (Lipinski definition) is 4. The second-order valence-corrected chi connectivity index (χ2v) is 21.5. The fourth-order valence-electron chi connectivity index (χ4n) is 14.2. The number of nitrogens with zero attached hydrogens (tertiary/aromatic N) is 2.